The van der Waals surface area contributed by atoms with Gasteiger partial charge in [-0.1, -0.05) is 0 Å². The molecule has 1 saturated heterocycles. The number of urea groups is 1. The lowest BCUT2D eigenvalue weighted by Gasteiger charge is -2.45. The minimum absolute atomic E-state index is 0.209. The normalized spacial score (nSPS) is 29.3. The van der Waals surface area contributed by atoms with Gasteiger partial charge in [0.05, 0.1) is 13.2 Å². The fourth-order valence-corrected chi connectivity index (χ4v) is 3.38. The molecule has 1 saturated carbocycles. The van der Waals surface area contributed by atoms with E-state index in [1.165, 1.54) is 0 Å². The van der Waals surface area contributed by atoms with Crippen LogP contribution in [0, 0.1) is 0 Å². The van der Waals surface area contributed by atoms with Crippen LogP contribution in [0.4, 0.5) is 4.79 Å². The molecule has 6 nitrogen and oxygen atoms in total. The summed E-state index contributed by atoms with van der Waals surface area (Å²) in [6, 6.07) is -0.209. The van der Waals surface area contributed by atoms with Gasteiger partial charge in [-0.15, -0.1) is 0 Å². The third-order valence-corrected chi connectivity index (χ3v) is 4.41. The molecule has 18 heavy (non-hydrogen) atoms. The van der Waals surface area contributed by atoms with E-state index in [0.29, 0.717) is 25.6 Å². The van der Waals surface area contributed by atoms with Crippen LogP contribution in [0.3, 0.4) is 0 Å². The summed E-state index contributed by atoms with van der Waals surface area (Å²) in [6.07, 6.45) is 3.07. The minimum atomic E-state index is -0.434. The molecule has 0 atom stereocenters. The Hall–Kier alpha value is -1.14. The number of carbonyl (C=O) groups is 1. The number of hydrogen-bond donors (Lipinski definition) is 1. The van der Waals surface area contributed by atoms with Gasteiger partial charge >= 0.3 is 6.03 Å². The maximum atomic E-state index is 11.8. The highest BCUT2D eigenvalue weighted by Crippen LogP contribution is 2.44. The molecule has 2 amide bonds. The maximum Gasteiger partial charge on any atom is 0.346 e. The molecular weight excluding hydrogens is 234 g/mol. The zero-order chi connectivity index (χ0) is 12.8. The molecule has 0 unspecified atom stereocenters. The van der Waals surface area contributed by atoms with E-state index in [1.807, 2.05) is 6.92 Å². The highest BCUT2D eigenvalue weighted by Gasteiger charge is 2.54. The molecule has 2 heterocycles. The molecule has 100 valence electrons. The maximum absolute atomic E-state index is 11.8. The fraction of sp³-hybridized carbons (Fsp3) is 0.833. The van der Waals surface area contributed by atoms with E-state index in [2.05, 4.69) is 4.99 Å². The molecule has 3 aliphatic rings. The van der Waals surface area contributed by atoms with Gasteiger partial charge in [-0.2, -0.15) is 4.99 Å². The summed E-state index contributed by atoms with van der Waals surface area (Å²) in [5.74, 6) is 0.0264. The molecule has 0 aromatic carbocycles. The number of amides is 2. The van der Waals surface area contributed by atoms with Crippen molar-refractivity contribution in [3.8, 4) is 0 Å². The van der Waals surface area contributed by atoms with Crippen LogP contribution in [-0.2, 0) is 9.47 Å². The SMILES string of the molecule is CCN1C(=O)N=C(N)C12CCC1(CC2)OCCO1. The van der Waals surface area contributed by atoms with E-state index in [0.717, 1.165) is 25.7 Å². The number of ether oxygens (including phenoxy) is 2. The van der Waals surface area contributed by atoms with Gasteiger partial charge in [-0.25, -0.2) is 4.79 Å². The van der Waals surface area contributed by atoms with E-state index >= 15 is 0 Å². The van der Waals surface area contributed by atoms with Crippen LogP contribution in [0.15, 0.2) is 4.99 Å². The monoisotopic (exact) mass is 253 g/mol. The average molecular weight is 253 g/mol. The highest BCUT2D eigenvalue weighted by atomic mass is 16.7. The van der Waals surface area contributed by atoms with Crippen molar-refractivity contribution in [2.75, 3.05) is 19.8 Å². The molecule has 2 aliphatic heterocycles. The Morgan fingerprint density at radius 3 is 2.44 bits per heavy atom. The topological polar surface area (TPSA) is 77.2 Å². The first-order valence-corrected chi connectivity index (χ1v) is 6.56. The molecule has 1 aliphatic carbocycles. The summed E-state index contributed by atoms with van der Waals surface area (Å²) in [4.78, 5) is 17.5. The van der Waals surface area contributed by atoms with E-state index in [9.17, 15) is 4.79 Å². The summed E-state index contributed by atoms with van der Waals surface area (Å²) in [5.41, 5.74) is 5.60. The highest BCUT2D eigenvalue weighted by molar-refractivity contribution is 6.05. The predicted molar refractivity (Wildman–Crippen MR) is 65.2 cm³/mol. The van der Waals surface area contributed by atoms with Crippen LogP contribution in [0.2, 0.25) is 0 Å². The second-order valence-corrected chi connectivity index (χ2v) is 5.16. The smallest absolute Gasteiger partial charge is 0.346 e. The van der Waals surface area contributed by atoms with Crippen molar-refractivity contribution in [2.45, 2.75) is 43.9 Å². The second-order valence-electron chi connectivity index (χ2n) is 5.16. The molecule has 6 heteroatoms. The molecule has 2 fully saturated rings. The fourth-order valence-electron chi connectivity index (χ4n) is 3.38. The molecule has 0 aromatic heterocycles. The van der Waals surface area contributed by atoms with Crippen LogP contribution in [0.25, 0.3) is 0 Å². The number of aliphatic imine (C=N–C) groups is 1. The van der Waals surface area contributed by atoms with Crippen LogP contribution >= 0.6 is 0 Å². The van der Waals surface area contributed by atoms with Crippen molar-refractivity contribution in [2.24, 2.45) is 10.7 Å². The first-order chi connectivity index (χ1) is 8.62. The molecule has 2 N–H and O–H groups in total. The Labute approximate surface area is 106 Å². The lowest BCUT2D eigenvalue weighted by atomic mass is 9.77. The zero-order valence-corrected chi connectivity index (χ0v) is 10.6. The summed E-state index contributed by atoms with van der Waals surface area (Å²) in [5, 5.41) is 0. The Morgan fingerprint density at radius 1 is 1.28 bits per heavy atom. The Morgan fingerprint density at radius 2 is 1.89 bits per heavy atom. The molecule has 2 spiro atoms. The van der Waals surface area contributed by atoms with Crippen molar-refractivity contribution in [3.63, 3.8) is 0 Å². The number of amidine groups is 1. The van der Waals surface area contributed by atoms with Crippen LogP contribution in [-0.4, -0.2) is 47.9 Å². The van der Waals surface area contributed by atoms with Gasteiger partial charge in [0.15, 0.2) is 5.79 Å². The van der Waals surface area contributed by atoms with Gasteiger partial charge in [-0.05, 0) is 19.8 Å². The number of nitrogens with zero attached hydrogens (tertiary/aromatic N) is 2. The van der Waals surface area contributed by atoms with Crippen LogP contribution in [0.1, 0.15) is 32.6 Å². The Bertz CT molecular complexity index is 391. The number of rotatable bonds is 1. The summed E-state index contributed by atoms with van der Waals surface area (Å²) >= 11 is 0. The molecule has 0 aromatic rings. The summed E-state index contributed by atoms with van der Waals surface area (Å²) in [6.45, 7) is 3.92. The third-order valence-electron chi connectivity index (χ3n) is 4.41. The summed E-state index contributed by atoms with van der Waals surface area (Å²) in [7, 11) is 0. The molecule has 3 rings (SSSR count). The summed E-state index contributed by atoms with van der Waals surface area (Å²) < 4.78 is 11.4. The molecular formula is C12H19N3O3. The van der Waals surface area contributed by atoms with Crippen molar-refractivity contribution in [1.82, 2.24) is 4.90 Å². The van der Waals surface area contributed by atoms with Gasteiger partial charge < -0.3 is 20.1 Å². The lowest BCUT2D eigenvalue weighted by molar-refractivity contribution is -0.186. The van der Waals surface area contributed by atoms with Gasteiger partial charge in [0.2, 0.25) is 0 Å². The van der Waals surface area contributed by atoms with Crippen LogP contribution < -0.4 is 5.73 Å². The predicted octanol–water partition coefficient (Wildman–Crippen LogP) is 0.855. The Balaban J connectivity index is 1.81. The van der Waals surface area contributed by atoms with Gasteiger partial charge in [0, 0.05) is 19.4 Å². The van der Waals surface area contributed by atoms with Gasteiger partial charge in [-0.3, -0.25) is 0 Å². The molecule has 0 radical (unpaired) electrons. The van der Waals surface area contributed by atoms with E-state index in [1.54, 1.807) is 4.90 Å². The van der Waals surface area contributed by atoms with Gasteiger partial charge in [0.1, 0.15) is 11.4 Å². The number of carbonyl (C=O) groups excluding carboxylic acids is 1. The van der Waals surface area contributed by atoms with Crippen molar-refractivity contribution in [1.29, 1.82) is 0 Å². The van der Waals surface area contributed by atoms with E-state index in [-0.39, 0.29) is 6.03 Å². The van der Waals surface area contributed by atoms with Gasteiger partial charge in [0.25, 0.3) is 0 Å². The second kappa shape index (κ2) is 3.93. The standard InChI is InChI=1S/C12H19N3O3/c1-2-15-10(16)14-9(13)11(15)3-5-12(6-4-11)17-7-8-18-12/h2-8H2,1H3,(H2,13,14,16). The number of hydrogen-bond acceptors (Lipinski definition) is 4. The first kappa shape index (κ1) is 11.9. The lowest BCUT2D eigenvalue weighted by Crippen LogP contribution is -2.58. The zero-order valence-electron chi connectivity index (χ0n) is 10.6. The quantitative estimate of drug-likeness (QED) is 0.751. The minimum Gasteiger partial charge on any atom is -0.385 e. The average Bonchev–Trinajstić information content (AvgIpc) is 2.89. The van der Waals surface area contributed by atoms with Crippen molar-refractivity contribution < 1.29 is 14.3 Å². The van der Waals surface area contributed by atoms with Crippen molar-refractivity contribution in [3.05, 3.63) is 0 Å². The Kier molecular flexibility index (Phi) is 2.60. The third kappa shape index (κ3) is 1.48. The van der Waals surface area contributed by atoms with Crippen molar-refractivity contribution >= 4 is 11.9 Å². The number of nitrogens with two attached hydrogens (primary N) is 1. The largest absolute Gasteiger partial charge is 0.385 e. The van der Waals surface area contributed by atoms with E-state index < -0.39 is 11.3 Å². The first-order valence-electron chi connectivity index (χ1n) is 6.56. The number of likely N-dealkylation sites (N-methyl/N-ethyl adjacent to an activating group) is 1. The van der Waals surface area contributed by atoms with Crippen LogP contribution in [0.5, 0.6) is 0 Å². The van der Waals surface area contributed by atoms with E-state index in [4.69, 9.17) is 15.2 Å². The molecule has 0 bridgehead atoms.